The van der Waals surface area contributed by atoms with Gasteiger partial charge in [-0.3, -0.25) is 4.79 Å². The molecular weight excluding hydrogens is 908 g/mol. The molecule has 0 amide bonds. The normalized spacial score (nSPS) is 33.5. The minimum Gasteiger partial charge on any atom is -0.506 e. The highest BCUT2D eigenvalue weighted by molar-refractivity contribution is 14.1. The molecule has 4 fully saturated rings. The summed E-state index contributed by atoms with van der Waals surface area (Å²) in [7, 11) is 0. The van der Waals surface area contributed by atoms with Crippen LogP contribution in [-0.2, 0) is 9.53 Å². The van der Waals surface area contributed by atoms with Crippen LogP contribution < -0.4 is 4.74 Å². The molecule has 1 aromatic rings. The number of aromatic hydroxyl groups is 1. The second-order valence-corrected chi connectivity index (χ2v) is 16.2. The molecule has 1 N–H and O–H groups in total. The van der Waals surface area contributed by atoms with Crippen LogP contribution in [0.5, 0.6) is 11.5 Å². The van der Waals surface area contributed by atoms with E-state index < -0.39 is 0 Å². The number of carbonyl (C=O) groups excluding carboxylic acids is 1. The second kappa shape index (κ2) is 11.3. The molecule has 6 rings (SSSR count). The third-order valence-corrected chi connectivity index (χ3v) is 12.3. The van der Waals surface area contributed by atoms with Crippen molar-refractivity contribution >= 4 is 96.3 Å². The number of hydrogen-bond acceptors (Lipinski definition) is 4. The van der Waals surface area contributed by atoms with Crippen LogP contribution in [-0.4, -0.2) is 16.7 Å². The van der Waals surface area contributed by atoms with Gasteiger partial charge < -0.3 is 14.6 Å². The Balaban J connectivity index is 1.28. The first kappa shape index (κ1) is 28.2. The van der Waals surface area contributed by atoms with E-state index in [1.54, 1.807) is 0 Å². The molecule has 0 spiro atoms. The van der Waals surface area contributed by atoms with Crippen LogP contribution in [0, 0.1) is 42.6 Å². The number of halogens is 4. The summed E-state index contributed by atoms with van der Waals surface area (Å²) in [6, 6.07) is 3.70. The monoisotopic (exact) mass is 940 g/mol. The summed E-state index contributed by atoms with van der Waals surface area (Å²) in [5, 5.41) is 10.1. The predicted molar refractivity (Wildman–Crippen MR) is 175 cm³/mol. The molecule has 6 atom stereocenters. The molecule has 5 aliphatic rings. The van der Waals surface area contributed by atoms with Crippen molar-refractivity contribution in [3.8, 4) is 11.5 Å². The van der Waals surface area contributed by atoms with Gasteiger partial charge in [0, 0.05) is 3.58 Å². The fourth-order valence-electron chi connectivity index (χ4n) is 7.49. The number of hydrogen-bond donors (Lipinski definition) is 1. The predicted octanol–water partition coefficient (Wildman–Crippen LogP) is 9.14. The molecule has 4 nitrogen and oxygen atoms in total. The van der Waals surface area contributed by atoms with Crippen LogP contribution >= 0.6 is 90.4 Å². The number of esters is 1. The zero-order valence-corrected chi connectivity index (χ0v) is 29.2. The van der Waals surface area contributed by atoms with E-state index in [2.05, 4.69) is 110 Å². The fourth-order valence-corrected chi connectivity index (χ4v) is 11.6. The molecule has 0 aliphatic heterocycles. The highest BCUT2D eigenvalue weighted by atomic mass is 127. The Morgan fingerprint density at radius 2 is 1.69 bits per heavy atom. The zero-order valence-electron chi connectivity index (χ0n) is 20.5. The lowest BCUT2D eigenvalue weighted by Gasteiger charge is -2.54. The van der Waals surface area contributed by atoms with E-state index in [4.69, 9.17) is 9.47 Å². The van der Waals surface area contributed by atoms with E-state index >= 15 is 0 Å². The Kier molecular flexibility index (Phi) is 8.85. The Labute approximate surface area is 268 Å². The zero-order chi connectivity index (χ0) is 25.8. The third kappa shape index (κ3) is 5.49. The highest BCUT2D eigenvalue weighted by Crippen LogP contribution is 2.59. The van der Waals surface area contributed by atoms with Crippen molar-refractivity contribution in [2.45, 2.75) is 70.8 Å². The maximum Gasteiger partial charge on any atom is 0.306 e. The standard InChI is InChI=1S/C28H32I4O4/c1-14(2)28(18-4-3-15-5-16(7-18)8-19(28)6-15)36-25(33)11-17-9-23(31)27(24(32)10-17)35-20-12-21(29)26(34)22(30)13-20/h9,12-19,34H,3-8,10-11H2,1-2H3. The van der Waals surface area contributed by atoms with E-state index in [0.29, 0.717) is 29.9 Å². The van der Waals surface area contributed by atoms with Crippen LogP contribution in [0.3, 0.4) is 0 Å². The first-order valence-electron chi connectivity index (χ1n) is 12.9. The van der Waals surface area contributed by atoms with Gasteiger partial charge in [-0.1, -0.05) is 26.3 Å². The van der Waals surface area contributed by atoms with Crippen LogP contribution in [0.2, 0.25) is 0 Å². The van der Waals surface area contributed by atoms with Crippen molar-refractivity contribution in [3.05, 3.63) is 38.3 Å². The lowest BCUT2D eigenvalue weighted by atomic mass is 9.56. The first-order valence-corrected chi connectivity index (χ1v) is 17.2. The average Bonchev–Trinajstić information content (AvgIpc) is 3.00. The number of rotatable bonds is 6. The minimum absolute atomic E-state index is 0.0298. The SMILES string of the molecule is CC(C)C1(OC(=O)CC2C=C(I)C(Oc3cc(I)c(O)c(I)c3)=C(I)C2)C2CCC3CC(C2)CC1C3. The number of benzene rings is 1. The Morgan fingerprint density at radius 3 is 2.36 bits per heavy atom. The summed E-state index contributed by atoms with van der Waals surface area (Å²) in [6.45, 7) is 4.56. The largest absolute Gasteiger partial charge is 0.506 e. The van der Waals surface area contributed by atoms with Gasteiger partial charge in [-0.2, -0.15) is 0 Å². The molecule has 0 radical (unpaired) electrons. The van der Waals surface area contributed by atoms with Crippen LogP contribution in [0.4, 0.5) is 0 Å². The summed E-state index contributed by atoms with van der Waals surface area (Å²) in [6.07, 6.45) is 11.0. The van der Waals surface area contributed by atoms with Gasteiger partial charge in [-0.05, 0) is 177 Å². The molecule has 6 unspecified atom stereocenters. The smallest absolute Gasteiger partial charge is 0.306 e. The van der Waals surface area contributed by atoms with Gasteiger partial charge in [0.15, 0.2) is 0 Å². The molecule has 4 bridgehead atoms. The van der Waals surface area contributed by atoms with Crippen molar-refractivity contribution < 1.29 is 19.4 Å². The van der Waals surface area contributed by atoms with Gasteiger partial charge in [0.1, 0.15) is 22.9 Å². The Bertz CT molecular complexity index is 1080. The summed E-state index contributed by atoms with van der Waals surface area (Å²) in [5.74, 6) is 5.02. The fraction of sp³-hybridized carbons (Fsp3) is 0.607. The van der Waals surface area contributed by atoms with Crippen molar-refractivity contribution in [2.24, 2.45) is 35.5 Å². The summed E-state index contributed by atoms with van der Waals surface area (Å²) in [5.41, 5.74) is -0.279. The quantitative estimate of drug-likeness (QED) is 0.229. The molecule has 5 aliphatic carbocycles. The van der Waals surface area contributed by atoms with E-state index in [-0.39, 0.29) is 23.2 Å². The van der Waals surface area contributed by atoms with E-state index in [1.165, 1.54) is 38.5 Å². The minimum atomic E-state index is -0.279. The number of fused-ring (bicyclic) bond motifs is 1. The molecule has 0 heterocycles. The molecule has 36 heavy (non-hydrogen) atoms. The number of phenolic OH excluding ortho intramolecular Hbond substituents is 1. The number of carbonyl (C=O) groups is 1. The maximum atomic E-state index is 13.5. The average molecular weight is 940 g/mol. The number of phenols is 1. The van der Waals surface area contributed by atoms with Crippen LogP contribution in [0.15, 0.2) is 31.1 Å². The van der Waals surface area contributed by atoms with Gasteiger partial charge in [0.25, 0.3) is 0 Å². The number of ether oxygens (including phenoxy) is 2. The molecular formula is C28H32I4O4. The van der Waals surface area contributed by atoms with E-state index in [9.17, 15) is 9.90 Å². The third-order valence-electron chi connectivity index (χ3n) is 8.84. The molecule has 0 saturated heterocycles. The maximum absolute atomic E-state index is 13.5. The van der Waals surface area contributed by atoms with Crippen molar-refractivity contribution in [1.82, 2.24) is 0 Å². The summed E-state index contributed by atoms with van der Waals surface area (Å²) < 4.78 is 16.6. The van der Waals surface area contributed by atoms with Gasteiger partial charge in [-0.25, -0.2) is 0 Å². The van der Waals surface area contributed by atoms with E-state index in [0.717, 1.165) is 38.3 Å². The number of allylic oxidation sites excluding steroid dienone is 3. The van der Waals surface area contributed by atoms with Gasteiger partial charge in [-0.15, -0.1) is 0 Å². The Morgan fingerprint density at radius 1 is 1.03 bits per heavy atom. The highest BCUT2D eigenvalue weighted by Gasteiger charge is 2.58. The van der Waals surface area contributed by atoms with Crippen molar-refractivity contribution in [3.63, 3.8) is 0 Å². The van der Waals surface area contributed by atoms with Gasteiger partial charge in [0.05, 0.1) is 17.1 Å². The van der Waals surface area contributed by atoms with Crippen molar-refractivity contribution in [1.29, 1.82) is 0 Å². The molecule has 0 aromatic heterocycles. The molecule has 8 heteroatoms. The molecule has 196 valence electrons. The van der Waals surface area contributed by atoms with Crippen LogP contribution in [0.25, 0.3) is 0 Å². The lowest BCUT2D eigenvalue weighted by Crippen LogP contribution is -2.57. The Hall–Kier alpha value is 0.690. The summed E-state index contributed by atoms with van der Waals surface area (Å²) >= 11 is 8.91. The van der Waals surface area contributed by atoms with Crippen molar-refractivity contribution in [2.75, 3.05) is 0 Å². The first-order chi connectivity index (χ1) is 17.1. The molecule has 1 aromatic carbocycles. The van der Waals surface area contributed by atoms with Crippen LogP contribution in [0.1, 0.15) is 65.2 Å². The topological polar surface area (TPSA) is 55.8 Å². The summed E-state index contributed by atoms with van der Waals surface area (Å²) in [4.78, 5) is 13.5. The van der Waals surface area contributed by atoms with Gasteiger partial charge in [0.2, 0.25) is 0 Å². The van der Waals surface area contributed by atoms with Gasteiger partial charge >= 0.3 is 5.97 Å². The van der Waals surface area contributed by atoms with E-state index in [1.807, 2.05) is 12.1 Å². The lowest BCUT2D eigenvalue weighted by molar-refractivity contribution is -0.201. The molecule has 4 saturated carbocycles. The second-order valence-electron chi connectivity index (χ2n) is 11.4.